The third-order valence-corrected chi connectivity index (χ3v) is 4.24. The minimum absolute atomic E-state index is 0.0652. The molecule has 3 N–H and O–H groups in total. The van der Waals surface area contributed by atoms with Crippen molar-refractivity contribution >= 4 is 17.5 Å². The largest absolute Gasteiger partial charge is 0.350 e. The highest BCUT2D eigenvalue weighted by atomic mass is 16.2. The standard InChI is InChI=1S/C16H21N3O2/c17-14(11-3-4-11)10-18-16(21)12-5-7-13(8-6-12)19-9-1-2-15(19)20/h5-8,11,14H,1-4,9-10,17H2,(H,18,21). The van der Waals surface area contributed by atoms with Gasteiger partial charge in [-0.2, -0.15) is 0 Å². The average Bonchev–Trinajstić information content (AvgIpc) is 3.27. The van der Waals surface area contributed by atoms with E-state index in [1.165, 1.54) is 12.8 Å². The second-order valence-corrected chi connectivity index (χ2v) is 5.91. The maximum absolute atomic E-state index is 12.0. The topological polar surface area (TPSA) is 75.4 Å². The smallest absolute Gasteiger partial charge is 0.251 e. The molecule has 1 aromatic carbocycles. The van der Waals surface area contributed by atoms with E-state index < -0.39 is 0 Å². The van der Waals surface area contributed by atoms with Crippen molar-refractivity contribution in [3.8, 4) is 0 Å². The Hall–Kier alpha value is -1.88. The normalized spacial score (nSPS) is 19.7. The third kappa shape index (κ3) is 3.24. The molecule has 1 heterocycles. The fourth-order valence-corrected chi connectivity index (χ4v) is 2.72. The molecule has 1 atom stereocenters. The molecule has 5 heteroatoms. The Labute approximate surface area is 124 Å². The number of rotatable bonds is 5. The first-order valence-electron chi connectivity index (χ1n) is 7.59. The third-order valence-electron chi connectivity index (χ3n) is 4.24. The molecule has 5 nitrogen and oxygen atoms in total. The van der Waals surface area contributed by atoms with Gasteiger partial charge in [0.25, 0.3) is 5.91 Å². The van der Waals surface area contributed by atoms with Crippen LogP contribution in [0.15, 0.2) is 24.3 Å². The highest BCUT2D eigenvalue weighted by molar-refractivity contribution is 5.97. The molecule has 1 aromatic rings. The molecule has 21 heavy (non-hydrogen) atoms. The number of nitrogens with zero attached hydrogens (tertiary/aromatic N) is 1. The zero-order valence-corrected chi connectivity index (χ0v) is 12.0. The minimum Gasteiger partial charge on any atom is -0.350 e. The first-order valence-corrected chi connectivity index (χ1v) is 7.59. The van der Waals surface area contributed by atoms with Gasteiger partial charge in [-0.15, -0.1) is 0 Å². The van der Waals surface area contributed by atoms with Crippen LogP contribution in [0.2, 0.25) is 0 Å². The Morgan fingerprint density at radius 1 is 1.33 bits per heavy atom. The summed E-state index contributed by atoms with van der Waals surface area (Å²) in [5.41, 5.74) is 7.44. The molecule has 1 aliphatic carbocycles. The molecule has 2 fully saturated rings. The van der Waals surface area contributed by atoms with Gasteiger partial charge in [-0.3, -0.25) is 9.59 Å². The summed E-state index contributed by atoms with van der Waals surface area (Å²) in [7, 11) is 0. The second kappa shape index (κ2) is 5.85. The molecule has 1 saturated heterocycles. The van der Waals surface area contributed by atoms with Gasteiger partial charge in [0, 0.05) is 36.8 Å². The number of benzene rings is 1. The van der Waals surface area contributed by atoms with Crippen molar-refractivity contribution in [1.29, 1.82) is 0 Å². The number of nitrogens with two attached hydrogens (primary N) is 1. The molecule has 2 amide bonds. The lowest BCUT2D eigenvalue weighted by atomic mass is 10.1. The summed E-state index contributed by atoms with van der Waals surface area (Å²) in [6, 6.07) is 7.26. The van der Waals surface area contributed by atoms with Crippen molar-refractivity contribution in [3.63, 3.8) is 0 Å². The van der Waals surface area contributed by atoms with Gasteiger partial charge in [-0.1, -0.05) is 0 Å². The van der Waals surface area contributed by atoms with Crippen molar-refractivity contribution in [2.45, 2.75) is 31.7 Å². The van der Waals surface area contributed by atoms with Gasteiger partial charge in [-0.05, 0) is 49.4 Å². The van der Waals surface area contributed by atoms with Crippen molar-refractivity contribution in [1.82, 2.24) is 5.32 Å². The van der Waals surface area contributed by atoms with E-state index >= 15 is 0 Å². The van der Waals surface area contributed by atoms with E-state index in [9.17, 15) is 9.59 Å². The highest BCUT2D eigenvalue weighted by Gasteiger charge is 2.28. The summed E-state index contributed by atoms with van der Waals surface area (Å²) >= 11 is 0. The van der Waals surface area contributed by atoms with Crippen LogP contribution in [0.4, 0.5) is 5.69 Å². The van der Waals surface area contributed by atoms with E-state index in [0.717, 1.165) is 18.7 Å². The van der Waals surface area contributed by atoms with Gasteiger partial charge in [0.15, 0.2) is 0 Å². The van der Waals surface area contributed by atoms with Gasteiger partial charge in [0.1, 0.15) is 0 Å². The molecule has 1 aliphatic heterocycles. The van der Waals surface area contributed by atoms with Crippen LogP contribution in [-0.4, -0.2) is 30.9 Å². The summed E-state index contributed by atoms with van der Waals surface area (Å²) in [6.07, 6.45) is 3.87. The zero-order valence-electron chi connectivity index (χ0n) is 12.0. The Morgan fingerprint density at radius 2 is 2.05 bits per heavy atom. The molecule has 2 aliphatic rings. The molecule has 0 spiro atoms. The predicted molar refractivity (Wildman–Crippen MR) is 81.1 cm³/mol. The van der Waals surface area contributed by atoms with Crippen LogP contribution in [0.1, 0.15) is 36.0 Å². The van der Waals surface area contributed by atoms with Gasteiger partial charge < -0.3 is 16.0 Å². The Balaban J connectivity index is 1.57. The maximum Gasteiger partial charge on any atom is 0.251 e. The molecule has 0 radical (unpaired) electrons. The number of hydrogen-bond donors (Lipinski definition) is 2. The van der Waals surface area contributed by atoms with E-state index in [0.29, 0.717) is 24.4 Å². The van der Waals surface area contributed by atoms with Crippen molar-refractivity contribution in [3.05, 3.63) is 29.8 Å². The number of carbonyl (C=O) groups excluding carboxylic acids is 2. The van der Waals surface area contributed by atoms with Crippen molar-refractivity contribution in [2.75, 3.05) is 18.0 Å². The fourth-order valence-electron chi connectivity index (χ4n) is 2.72. The van der Waals surface area contributed by atoms with Crippen molar-refractivity contribution in [2.24, 2.45) is 11.7 Å². The summed E-state index contributed by atoms with van der Waals surface area (Å²) in [4.78, 5) is 25.5. The molecule has 0 aromatic heterocycles. The molecule has 3 rings (SSSR count). The number of hydrogen-bond acceptors (Lipinski definition) is 3. The van der Waals surface area contributed by atoms with Crippen LogP contribution in [0.25, 0.3) is 0 Å². The highest BCUT2D eigenvalue weighted by Crippen LogP contribution is 2.31. The van der Waals surface area contributed by atoms with Gasteiger partial charge >= 0.3 is 0 Å². The van der Waals surface area contributed by atoms with E-state index in [2.05, 4.69) is 5.32 Å². The van der Waals surface area contributed by atoms with E-state index in [1.54, 1.807) is 17.0 Å². The SMILES string of the molecule is NC(CNC(=O)c1ccc(N2CCCC2=O)cc1)C1CC1. The van der Waals surface area contributed by atoms with Gasteiger partial charge in [0.05, 0.1) is 0 Å². The minimum atomic E-state index is -0.106. The predicted octanol–water partition coefficient (Wildman–Crippen LogP) is 1.28. The lowest BCUT2D eigenvalue weighted by Gasteiger charge is -2.16. The molecular weight excluding hydrogens is 266 g/mol. The lowest BCUT2D eigenvalue weighted by Crippen LogP contribution is -2.38. The lowest BCUT2D eigenvalue weighted by molar-refractivity contribution is -0.117. The zero-order chi connectivity index (χ0) is 14.8. The van der Waals surface area contributed by atoms with E-state index in [1.807, 2.05) is 12.1 Å². The molecule has 112 valence electrons. The number of nitrogens with one attached hydrogen (secondary N) is 1. The Morgan fingerprint density at radius 3 is 2.62 bits per heavy atom. The molecule has 1 unspecified atom stereocenters. The average molecular weight is 287 g/mol. The number of amides is 2. The summed E-state index contributed by atoms with van der Waals surface area (Å²) in [5, 5.41) is 2.87. The van der Waals surface area contributed by atoms with Crippen LogP contribution in [0, 0.1) is 5.92 Å². The number of anilines is 1. The number of carbonyl (C=O) groups is 2. The van der Waals surface area contributed by atoms with Crippen LogP contribution in [0.3, 0.4) is 0 Å². The van der Waals surface area contributed by atoms with Crippen LogP contribution in [0.5, 0.6) is 0 Å². The van der Waals surface area contributed by atoms with Gasteiger partial charge in [-0.25, -0.2) is 0 Å². The van der Waals surface area contributed by atoms with E-state index in [4.69, 9.17) is 5.73 Å². The summed E-state index contributed by atoms with van der Waals surface area (Å²) in [6.45, 7) is 1.29. The quantitative estimate of drug-likeness (QED) is 0.856. The summed E-state index contributed by atoms with van der Waals surface area (Å²) in [5.74, 6) is 0.627. The fraction of sp³-hybridized carbons (Fsp3) is 0.500. The Kier molecular flexibility index (Phi) is 3.92. The first-order chi connectivity index (χ1) is 10.1. The van der Waals surface area contributed by atoms with Gasteiger partial charge in [0.2, 0.25) is 5.91 Å². The van der Waals surface area contributed by atoms with Crippen LogP contribution in [-0.2, 0) is 4.79 Å². The molecule has 1 saturated carbocycles. The molecular formula is C16H21N3O2. The maximum atomic E-state index is 12.0. The van der Waals surface area contributed by atoms with Crippen LogP contribution >= 0.6 is 0 Å². The van der Waals surface area contributed by atoms with E-state index in [-0.39, 0.29) is 17.9 Å². The first kappa shape index (κ1) is 14.1. The Bertz CT molecular complexity index is 537. The monoisotopic (exact) mass is 287 g/mol. The van der Waals surface area contributed by atoms with Crippen molar-refractivity contribution < 1.29 is 9.59 Å². The van der Waals surface area contributed by atoms with Crippen LogP contribution < -0.4 is 16.0 Å². The second-order valence-electron chi connectivity index (χ2n) is 5.91. The summed E-state index contributed by atoms with van der Waals surface area (Å²) < 4.78 is 0. The molecule has 0 bridgehead atoms.